The molecule has 1 aliphatic heterocycles. The summed E-state index contributed by atoms with van der Waals surface area (Å²) < 4.78 is 0. The van der Waals surface area contributed by atoms with Crippen molar-refractivity contribution >= 4 is 5.71 Å². The molecule has 5 nitrogen and oxygen atoms in total. The molecule has 0 aromatic heterocycles. The van der Waals surface area contributed by atoms with Gasteiger partial charge in [-0.15, -0.1) is 0 Å². The van der Waals surface area contributed by atoms with Gasteiger partial charge in [0, 0.05) is 11.8 Å². The number of quaternary nitrogens is 1. The summed E-state index contributed by atoms with van der Waals surface area (Å²) in [7, 11) is 0. The highest BCUT2D eigenvalue weighted by molar-refractivity contribution is 6.00. The predicted octanol–water partition coefficient (Wildman–Crippen LogP) is 1.63. The van der Waals surface area contributed by atoms with Gasteiger partial charge in [0.15, 0.2) is 5.41 Å². The third kappa shape index (κ3) is 2.58. The van der Waals surface area contributed by atoms with Crippen LogP contribution < -0.4 is 4.90 Å². The topological polar surface area (TPSA) is 99.7 Å². The Balaban J connectivity index is 2.16. The Morgan fingerprint density at radius 2 is 2.08 bits per heavy atom. The quantitative estimate of drug-likeness (QED) is 0.751. The number of rotatable bonds is 2. The first kappa shape index (κ1) is 17.4. The molecule has 1 fully saturated rings. The first-order valence-corrected chi connectivity index (χ1v) is 9.14. The summed E-state index contributed by atoms with van der Waals surface area (Å²) in [4.78, 5) is 1.41. The van der Waals surface area contributed by atoms with Crippen LogP contribution in [0, 0.1) is 68.5 Å². The van der Waals surface area contributed by atoms with E-state index in [1.165, 1.54) is 4.90 Å². The minimum Gasteiger partial charge on any atom is -0.331 e. The van der Waals surface area contributed by atoms with Crippen LogP contribution in [-0.2, 0) is 0 Å². The Kier molecular flexibility index (Phi) is 4.76. The van der Waals surface area contributed by atoms with Crippen LogP contribution >= 0.6 is 0 Å². The fraction of sp³-hybridized carbons (Fsp3) is 0.600. The van der Waals surface area contributed by atoms with Crippen LogP contribution in [0.25, 0.3) is 0 Å². The van der Waals surface area contributed by atoms with Crippen molar-refractivity contribution < 1.29 is 4.90 Å². The van der Waals surface area contributed by atoms with Gasteiger partial charge in [-0.1, -0.05) is 12.2 Å². The summed E-state index contributed by atoms with van der Waals surface area (Å²) in [6, 6.07) is 6.58. The second kappa shape index (κ2) is 6.83. The smallest absolute Gasteiger partial charge is 0.186 e. The zero-order valence-electron chi connectivity index (χ0n) is 14.6. The van der Waals surface area contributed by atoms with E-state index >= 15 is 0 Å². The minimum absolute atomic E-state index is 0.00794. The molecule has 128 valence electrons. The number of nitriles is 3. The van der Waals surface area contributed by atoms with Crippen LogP contribution in [0.3, 0.4) is 0 Å². The van der Waals surface area contributed by atoms with Crippen LogP contribution in [0.2, 0.25) is 0 Å². The Labute approximate surface area is 149 Å². The van der Waals surface area contributed by atoms with Crippen LogP contribution in [0.1, 0.15) is 26.2 Å². The first-order valence-electron chi connectivity index (χ1n) is 9.14. The molecule has 0 saturated heterocycles. The van der Waals surface area contributed by atoms with Crippen molar-refractivity contribution in [1.29, 1.82) is 21.2 Å². The lowest BCUT2D eigenvalue weighted by Crippen LogP contribution is -3.13. The molecule has 1 saturated carbocycles. The van der Waals surface area contributed by atoms with Crippen LogP contribution in [-0.4, -0.2) is 25.3 Å². The van der Waals surface area contributed by atoms with Gasteiger partial charge >= 0.3 is 0 Å². The van der Waals surface area contributed by atoms with Crippen molar-refractivity contribution in [1.82, 2.24) is 0 Å². The molecule has 3 aliphatic rings. The average Bonchev–Trinajstić information content (AvgIpc) is 2.67. The van der Waals surface area contributed by atoms with Crippen molar-refractivity contribution in [3.63, 3.8) is 0 Å². The molecule has 2 N–H and O–H groups in total. The monoisotopic (exact) mass is 334 g/mol. The van der Waals surface area contributed by atoms with E-state index in [0.29, 0.717) is 0 Å². The Morgan fingerprint density at radius 1 is 1.32 bits per heavy atom. The molecule has 1 heterocycles. The molecule has 3 rings (SSSR count). The van der Waals surface area contributed by atoms with Gasteiger partial charge in [0.1, 0.15) is 5.92 Å². The van der Waals surface area contributed by atoms with Gasteiger partial charge in [0.2, 0.25) is 0 Å². The summed E-state index contributed by atoms with van der Waals surface area (Å²) in [5.41, 5.74) is -0.522. The third-order valence-corrected chi connectivity index (χ3v) is 6.28. The van der Waals surface area contributed by atoms with Gasteiger partial charge in [-0.3, -0.25) is 0 Å². The van der Waals surface area contributed by atoms with Crippen LogP contribution in [0.15, 0.2) is 23.8 Å². The average molecular weight is 334 g/mol. The largest absolute Gasteiger partial charge is 0.331 e. The zero-order chi connectivity index (χ0) is 18.0. The molecule has 2 aliphatic carbocycles. The number of allylic oxidation sites excluding steroid dienone is 2. The molecular formula is C20H24N5+. The van der Waals surface area contributed by atoms with E-state index in [2.05, 4.69) is 43.4 Å². The number of nitrogens with zero attached hydrogens (tertiary/aromatic N) is 3. The zero-order valence-corrected chi connectivity index (χ0v) is 14.6. The molecule has 5 heteroatoms. The van der Waals surface area contributed by atoms with Gasteiger partial charge in [-0.25, -0.2) is 0 Å². The second-order valence-corrected chi connectivity index (χ2v) is 7.38. The van der Waals surface area contributed by atoms with Crippen molar-refractivity contribution in [2.45, 2.75) is 26.2 Å². The lowest BCUT2D eigenvalue weighted by molar-refractivity contribution is -0.898. The number of nitrogens with one attached hydrogen (secondary N) is 2. The first-order chi connectivity index (χ1) is 12.1. The van der Waals surface area contributed by atoms with Crippen molar-refractivity contribution in [2.75, 3.05) is 19.6 Å². The lowest BCUT2D eigenvalue weighted by atomic mass is 9.52. The number of hydrogen-bond acceptors (Lipinski definition) is 4. The maximum Gasteiger partial charge on any atom is 0.186 e. The summed E-state index contributed by atoms with van der Waals surface area (Å²) >= 11 is 0. The molecule has 0 amide bonds. The Hall–Kier alpha value is -2.42. The maximum absolute atomic E-state index is 9.97. The standard InChI is InChI=1S/C20H23N5/c1-2-25-9-8-15-16(10-21)19(24)20(12-22,13-23)18(17(15)11-25)14-6-4-3-5-7-14/h4,6,8,14,16-18,24H,2-3,5,7,9,11H2,1H3/p+1/t14-,16?,17+,18-/m0/s1. The van der Waals surface area contributed by atoms with E-state index in [1.807, 2.05) is 0 Å². The fourth-order valence-corrected chi connectivity index (χ4v) is 4.95. The normalized spacial score (nSPS) is 36.3. The Bertz CT molecular complexity index is 728. The molecule has 0 aromatic carbocycles. The van der Waals surface area contributed by atoms with Gasteiger partial charge in [0.05, 0.1) is 43.6 Å². The summed E-state index contributed by atoms with van der Waals surface area (Å²) in [5.74, 6) is -0.817. The van der Waals surface area contributed by atoms with Crippen LogP contribution in [0.4, 0.5) is 0 Å². The second-order valence-electron chi connectivity index (χ2n) is 7.38. The number of hydrogen-bond donors (Lipinski definition) is 2. The molecule has 25 heavy (non-hydrogen) atoms. The van der Waals surface area contributed by atoms with Crippen molar-refractivity contribution in [3.05, 3.63) is 23.8 Å². The van der Waals surface area contributed by atoms with E-state index in [4.69, 9.17) is 5.41 Å². The van der Waals surface area contributed by atoms with Crippen molar-refractivity contribution in [3.8, 4) is 18.2 Å². The highest BCUT2D eigenvalue weighted by Crippen LogP contribution is 2.52. The van der Waals surface area contributed by atoms with Gasteiger partial charge < -0.3 is 10.3 Å². The fourth-order valence-electron chi connectivity index (χ4n) is 4.95. The van der Waals surface area contributed by atoms with Gasteiger partial charge in [0.25, 0.3) is 0 Å². The molecule has 0 aromatic rings. The molecule has 0 bridgehead atoms. The van der Waals surface area contributed by atoms with E-state index in [1.54, 1.807) is 0 Å². The number of fused-ring (bicyclic) bond motifs is 1. The van der Waals surface area contributed by atoms with E-state index in [9.17, 15) is 15.8 Å². The van der Waals surface area contributed by atoms with Gasteiger partial charge in [-0.2, -0.15) is 15.8 Å². The highest BCUT2D eigenvalue weighted by Gasteiger charge is 2.59. The van der Waals surface area contributed by atoms with E-state index in [0.717, 1.165) is 44.5 Å². The number of likely N-dealkylation sites (N-methyl/N-ethyl adjacent to an activating group) is 1. The molecule has 0 radical (unpaired) electrons. The SMILES string of the molecule is CC[NH+]1CC=C2C(C#N)C(=N)C(C#N)(C#N)[C@@H]([C@H]3C=CCCC3)[C@@H]2C1. The summed E-state index contributed by atoms with van der Waals surface area (Å²) in [5, 5.41) is 38.2. The molecule has 5 atom stereocenters. The van der Waals surface area contributed by atoms with E-state index < -0.39 is 11.3 Å². The van der Waals surface area contributed by atoms with Crippen molar-refractivity contribution in [2.24, 2.45) is 29.1 Å². The maximum atomic E-state index is 9.97. The van der Waals surface area contributed by atoms with Gasteiger partial charge in [-0.05, 0) is 43.8 Å². The summed E-state index contributed by atoms with van der Waals surface area (Å²) in [6.45, 7) is 4.81. The predicted molar refractivity (Wildman–Crippen MR) is 93.3 cm³/mol. The molecule has 2 unspecified atom stereocenters. The third-order valence-electron chi connectivity index (χ3n) is 6.28. The summed E-state index contributed by atoms with van der Waals surface area (Å²) in [6.07, 6.45) is 9.43. The van der Waals surface area contributed by atoms with Crippen LogP contribution in [0.5, 0.6) is 0 Å². The van der Waals surface area contributed by atoms with E-state index in [-0.39, 0.29) is 23.5 Å². The minimum atomic E-state index is -1.50. The Morgan fingerprint density at radius 3 is 2.64 bits per heavy atom. The molecular weight excluding hydrogens is 310 g/mol. The highest BCUT2D eigenvalue weighted by atomic mass is 15.1. The lowest BCUT2D eigenvalue weighted by Gasteiger charge is -2.48. The molecule has 0 spiro atoms.